The fourth-order valence-corrected chi connectivity index (χ4v) is 6.08. The van der Waals surface area contributed by atoms with Gasteiger partial charge in [0, 0.05) is 0 Å². The summed E-state index contributed by atoms with van der Waals surface area (Å²) in [6.45, 7) is 9.80. The van der Waals surface area contributed by atoms with Gasteiger partial charge in [-0.2, -0.15) is 0 Å². The number of hydrogen-bond acceptors (Lipinski definition) is 1. The summed E-state index contributed by atoms with van der Waals surface area (Å²) in [5.74, 6) is 4.75. The average molecular weight is 220 g/mol. The molecule has 1 heteroatoms. The van der Waals surface area contributed by atoms with Gasteiger partial charge in [-0.15, -0.1) is 0 Å². The molecule has 4 aliphatic carbocycles. The molecule has 0 aromatic heterocycles. The molecule has 4 saturated carbocycles. The van der Waals surface area contributed by atoms with Crippen molar-refractivity contribution >= 4 is 0 Å². The van der Waals surface area contributed by atoms with Gasteiger partial charge in [-0.3, -0.25) is 0 Å². The van der Waals surface area contributed by atoms with Crippen molar-refractivity contribution in [2.75, 3.05) is 0 Å². The van der Waals surface area contributed by atoms with Gasteiger partial charge in [0.05, 0.1) is 11.7 Å². The van der Waals surface area contributed by atoms with Crippen LogP contribution in [0.5, 0.6) is 0 Å². The molecule has 4 bridgehead atoms. The van der Waals surface area contributed by atoms with Crippen molar-refractivity contribution in [2.24, 2.45) is 35.0 Å². The van der Waals surface area contributed by atoms with Gasteiger partial charge in [-0.05, 0) is 61.2 Å². The van der Waals surface area contributed by atoms with Crippen LogP contribution < -0.4 is 0 Å². The molecule has 7 atom stereocenters. The van der Waals surface area contributed by atoms with Crippen molar-refractivity contribution in [3.63, 3.8) is 0 Å². The Morgan fingerprint density at radius 3 is 2.62 bits per heavy atom. The average Bonchev–Trinajstić information content (AvgIpc) is 2.89. The van der Waals surface area contributed by atoms with Gasteiger partial charge in [0.1, 0.15) is 0 Å². The monoisotopic (exact) mass is 220 g/mol. The first-order valence-corrected chi connectivity index (χ1v) is 7.16. The lowest BCUT2D eigenvalue weighted by molar-refractivity contribution is -0.227. The van der Waals surface area contributed by atoms with Gasteiger partial charge in [-0.25, -0.2) is 0 Å². The van der Waals surface area contributed by atoms with Crippen LogP contribution in [-0.2, 0) is 4.74 Å². The van der Waals surface area contributed by atoms with E-state index in [0.29, 0.717) is 17.1 Å². The minimum absolute atomic E-state index is 0.293. The highest BCUT2D eigenvalue weighted by molar-refractivity contribution is 5.27. The summed E-state index contributed by atoms with van der Waals surface area (Å²) in [6.07, 6.45) is 4.95. The van der Waals surface area contributed by atoms with Gasteiger partial charge < -0.3 is 4.74 Å². The predicted octanol–water partition coefficient (Wildman–Crippen LogP) is 3.48. The smallest absolute Gasteiger partial charge is 0.0956 e. The van der Waals surface area contributed by atoms with Crippen LogP contribution in [0.4, 0.5) is 0 Å². The van der Waals surface area contributed by atoms with E-state index in [4.69, 9.17) is 4.74 Å². The van der Waals surface area contributed by atoms with E-state index in [-0.39, 0.29) is 0 Å². The number of hydrogen-bond donors (Lipinski definition) is 0. The second-order valence-electron chi connectivity index (χ2n) is 7.64. The third kappa shape index (κ3) is 0.836. The predicted molar refractivity (Wildman–Crippen MR) is 64.0 cm³/mol. The fraction of sp³-hybridized carbons (Fsp3) is 1.00. The molecule has 0 aromatic carbocycles. The molecule has 1 nitrogen and oxygen atoms in total. The highest BCUT2D eigenvalue weighted by atomic mass is 16.6. The van der Waals surface area contributed by atoms with Crippen molar-refractivity contribution in [1.29, 1.82) is 0 Å². The van der Waals surface area contributed by atoms with E-state index >= 15 is 0 Å². The van der Waals surface area contributed by atoms with Crippen LogP contribution in [0.2, 0.25) is 0 Å². The highest BCUT2D eigenvalue weighted by Crippen LogP contribution is 2.78. The lowest BCUT2D eigenvalue weighted by Crippen LogP contribution is -2.69. The summed E-state index contributed by atoms with van der Waals surface area (Å²) in [4.78, 5) is 0. The van der Waals surface area contributed by atoms with Crippen LogP contribution in [0.25, 0.3) is 0 Å². The molecular weight excluding hydrogens is 196 g/mol. The normalized spacial score (nSPS) is 66.2. The van der Waals surface area contributed by atoms with Crippen LogP contribution >= 0.6 is 0 Å². The van der Waals surface area contributed by atoms with Crippen LogP contribution in [0.1, 0.15) is 47.0 Å². The van der Waals surface area contributed by atoms with Crippen LogP contribution in [0.15, 0.2) is 0 Å². The van der Waals surface area contributed by atoms with Gasteiger partial charge >= 0.3 is 0 Å². The quantitative estimate of drug-likeness (QED) is 0.616. The number of ether oxygens (including phenoxy) is 1. The summed E-state index contributed by atoms with van der Waals surface area (Å²) >= 11 is 0. The summed E-state index contributed by atoms with van der Waals surface area (Å²) in [6, 6.07) is 0. The first-order valence-electron chi connectivity index (χ1n) is 7.16. The minimum Gasteiger partial charge on any atom is -0.366 e. The Labute approximate surface area is 98.9 Å². The van der Waals surface area contributed by atoms with Crippen molar-refractivity contribution in [2.45, 2.75) is 58.7 Å². The van der Waals surface area contributed by atoms with Crippen molar-refractivity contribution < 1.29 is 4.74 Å². The summed E-state index contributed by atoms with van der Waals surface area (Å²) in [7, 11) is 0. The zero-order valence-electron chi connectivity index (χ0n) is 11.0. The maximum Gasteiger partial charge on any atom is 0.0956 e. The number of rotatable bonds is 1. The number of fused-ring (bicyclic) bond motifs is 3. The van der Waals surface area contributed by atoms with E-state index in [2.05, 4.69) is 27.7 Å². The summed E-state index contributed by atoms with van der Waals surface area (Å²) in [5.41, 5.74) is 0.944. The largest absolute Gasteiger partial charge is 0.366 e. The lowest BCUT2D eigenvalue weighted by atomic mass is 9.32. The molecule has 1 aliphatic heterocycles. The van der Waals surface area contributed by atoms with E-state index in [1.165, 1.54) is 19.3 Å². The standard InChI is InChI=1S/C15H24O/c1-8(2)9-5-6-14(3)10-7-11-15(4,16-11)13(14)12(9)10/h8-13H,5-7H2,1-4H3/t9-,10-,11?,12-,13+,14+,15+/m0/s1. The van der Waals surface area contributed by atoms with Crippen molar-refractivity contribution in [1.82, 2.24) is 0 Å². The molecule has 1 unspecified atom stereocenters. The van der Waals surface area contributed by atoms with E-state index < -0.39 is 0 Å². The zero-order chi connectivity index (χ0) is 11.3. The molecule has 1 saturated heterocycles. The van der Waals surface area contributed by atoms with Crippen LogP contribution in [0.3, 0.4) is 0 Å². The van der Waals surface area contributed by atoms with Crippen LogP contribution in [-0.4, -0.2) is 11.7 Å². The number of epoxide rings is 1. The second kappa shape index (κ2) is 2.53. The first kappa shape index (κ1) is 9.94. The summed E-state index contributed by atoms with van der Waals surface area (Å²) in [5, 5.41) is 0. The zero-order valence-corrected chi connectivity index (χ0v) is 11.0. The molecule has 1 heterocycles. The van der Waals surface area contributed by atoms with Gasteiger partial charge in [0.15, 0.2) is 0 Å². The Bertz CT molecular complexity index is 349. The third-order valence-corrected chi connectivity index (χ3v) is 6.84. The maximum atomic E-state index is 6.05. The molecule has 5 aliphatic rings. The van der Waals surface area contributed by atoms with Gasteiger partial charge in [-0.1, -0.05) is 20.8 Å². The van der Waals surface area contributed by atoms with E-state index in [0.717, 1.165) is 29.6 Å². The topological polar surface area (TPSA) is 12.5 Å². The van der Waals surface area contributed by atoms with Gasteiger partial charge in [0.25, 0.3) is 0 Å². The maximum absolute atomic E-state index is 6.05. The van der Waals surface area contributed by atoms with E-state index in [9.17, 15) is 0 Å². The molecular formula is C15H24O. The lowest BCUT2D eigenvalue weighted by Gasteiger charge is -2.71. The third-order valence-electron chi connectivity index (χ3n) is 6.84. The molecule has 5 rings (SSSR count). The Hall–Kier alpha value is -0.0400. The minimum atomic E-state index is 0.293. The van der Waals surface area contributed by atoms with Gasteiger partial charge in [0.2, 0.25) is 0 Å². The molecule has 0 radical (unpaired) electrons. The Morgan fingerprint density at radius 1 is 1.25 bits per heavy atom. The SMILES string of the molecule is CC(C)[C@@H]1CC[C@@]2(C)[C@H]3[C@@H]1[C@@H]2CC1O[C@]13C. The summed E-state index contributed by atoms with van der Waals surface area (Å²) < 4.78 is 6.05. The van der Waals surface area contributed by atoms with E-state index in [1.54, 1.807) is 0 Å². The molecule has 0 amide bonds. The first-order chi connectivity index (χ1) is 7.48. The molecule has 5 fully saturated rings. The highest BCUT2D eigenvalue weighted by Gasteiger charge is 2.79. The molecule has 16 heavy (non-hydrogen) atoms. The molecule has 0 N–H and O–H groups in total. The molecule has 0 aromatic rings. The molecule has 0 spiro atoms. The molecule has 90 valence electrons. The van der Waals surface area contributed by atoms with Crippen LogP contribution in [0, 0.1) is 35.0 Å². The van der Waals surface area contributed by atoms with E-state index in [1.807, 2.05) is 0 Å². The Morgan fingerprint density at radius 2 is 2.00 bits per heavy atom. The fourth-order valence-electron chi connectivity index (χ4n) is 6.08. The Balaban J connectivity index is 1.73. The Kier molecular flexibility index (Phi) is 1.57. The second-order valence-corrected chi connectivity index (χ2v) is 7.64. The van der Waals surface area contributed by atoms with Crippen molar-refractivity contribution in [3.05, 3.63) is 0 Å². The van der Waals surface area contributed by atoms with Crippen molar-refractivity contribution in [3.8, 4) is 0 Å².